The first-order chi connectivity index (χ1) is 7.20. The largest absolute Gasteiger partial charge is 0.314 e. The number of rotatable bonds is 2. The van der Waals surface area contributed by atoms with Crippen LogP contribution >= 0.6 is 0 Å². The maximum atomic E-state index is 3.54. The summed E-state index contributed by atoms with van der Waals surface area (Å²) in [6, 6.07) is 1.64. The first-order valence-corrected chi connectivity index (χ1v) is 6.66. The van der Waals surface area contributed by atoms with Crippen molar-refractivity contribution in [3.63, 3.8) is 0 Å². The molecule has 0 aromatic carbocycles. The predicted octanol–water partition coefficient (Wildman–Crippen LogP) is 2.10. The Kier molecular flexibility index (Phi) is 3.68. The Morgan fingerprint density at radius 3 is 2.67 bits per heavy atom. The highest BCUT2D eigenvalue weighted by Gasteiger charge is 2.35. The molecule has 1 N–H and O–H groups in total. The van der Waals surface area contributed by atoms with E-state index < -0.39 is 0 Å². The van der Waals surface area contributed by atoms with Crippen molar-refractivity contribution < 1.29 is 0 Å². The van der Waals surface area contributed by atoms with Gasteiger partial charge in [0.25, 0.3) is 0 Å². The Labute approximate surface area is 94.4 Å². The van der Waals surface area contributed by atoms with E-state index in [-0.39, 0.29) is 0 Å². The quantitative estimate of drug-likeness (QED) is 0.751. The fourth-order valence-corrected chi connectivity index (χ4v) is 3.39. The van der Waals surface area contributed by atoms with Crippen molar-refractivity contribution >= 4 is 0 Å². The predicted molar refractivity (Wildman–Crippen MR) is 65.0 cm³/mol. The summed E-state index contributed by atoms with van der Waals surface area (Å²) < 4.78 is 0. The molecule has 1 saturated carbocycles. The van der Waals surface area contributed by atoms with Crippen LogP contribution < -0.4 is 5.32 Å². The number of piperazine rings is 1. The molecular formula is C13H26N2. The van der Waals surface area contributed by atoms with Crippen molar-refractivity contribution in [2.24, 2.45) is 11.8 Å². The van der Waals surface area contributed by atoms with Gasteiger partial charge in [0.15, 0.2) is 0 Å². The molecule has 0 bridgehead atoms. The Morgan fingerprint density at radius 1 is 1.27 bits per heavy atom. The van der Waals surface area contributed by atoms with Gasteiger partial charge in [-0.25, -0.2) is 0 Å². The summed E-state index contributed by atoms with van der Waals surface area (Å²) in [5.41, 5.74) is 0. The molecule has 2 aliphatic rings. The average molecular weight is 210 g/mol. The van der Waals surface area contributed by atoms with Gasteiger partial charge in [-0.2, -0.15) is 0 Å². The summed E-state index contributed by atoms with van der Waals surface area (Å²) >= 11 is 0. The molecule has 3 atom stereocenters. The van der Waals surface area contributed by atoms with E-state index >= 15 is 0 Å². The van der Waals surface area contributed by atoms with Crippen molar-refractivity contribution in [1.82, 2.24) is 10.2 Å². The molecule has 2 fully saturated rings. The summed E-state index contributed by atoms with van der Waals surface area (Å²) in [7, 11) is 0. The van der Waals surface area contributed by atoms with E-state index in [1.807, 2.05) is 0 Å². The molecule has 2 heteroatoms. The molecule has 1 aliphatic carbocycles. The van der Waals surface area contributed by atoms with Crippen molar-refractivity contribution in [1.29, 1.82) is 0 Å². The van der Waals surface area contributed by atoms with E-state index in [0.717, 1.165) is 23.9 Å². The summed E-state index contributed by atoms with van der Waals surface area (Å²) in [5.74, 6) is 1.70. The zero-order valence-corrected chi connectivity index (χ0v) is 10.5. The molecule has 1 aliphatic heterocycles. The Balaban J connectivity index is 2.03. The summed E-state index contributed by atoms with van der Waals surface area (Å²) in [5, 5.41) is 3.54. The SMILES string of the molecule is CC(C)C1CNCCN1C1CCCC1C. The van der Waals surface area contributed by atoms with Gasteiger partial charge in [0.2, 0.25) is 0 Å². The molecule has 0 amide bonds. The van der Waals surface area contributed by atoms with Crippen LogP contribution in [0.2, 0.25) is 0 Å². The summed E-state index contributed by atoms with van der Waals surface area (Å²) in [6.07, 6.45) is 4.32. The monoisotopic (exact) mass is 210 g/mol. The van der Waals surface area contributed by atoms with Crippen LogP contribution in [0.15, 0.2) is 0 Å². The standard InChI is InChI=1S/C13H26N2/c1-10(2)13-9-14-7-8-15(13)12-6-4-5-11(12)3/h10-14H,4-9H2,1-3H3. The van der Waals surface area contributed by atoms with Gasteiger partial charge < -0.3 is 5.32 Å². The van der Waals surface area contributed by atoms with Crippen LogP contribution in [0.25, 0.3) is 0 Å². The molecule has 0 spiro atoms. The van der Waals surface area contributed by atoms with E-state index in [0.29, 0.717) is 0 Å². The third-order valence-electron chi connectivity index (χ3n) is 4.34. The third kappa shape index (κ3) is 2.36. The lowest BCUT2D eigenvalue weighted by molar-refractivity contribution is 0.0616. The highest BCUT2D eigenvalue weighted by molar-refractivity contribution is 4.91. The second kappa shape index (κ2) is 4.84. The second-order valence-electron chi connectivity index (χ2n) is 5.73. The van der Waals surface area contributed by atoms with Crippen molar-refractivity contribution in [3.05, 3.63) is 0 Å². The maximum Gasteiger partial charge on any atom is 0.0247 e. The first kappa shape index (κ1) is 11.4. The van der Waals surface area contributed by atoms with Crippen LogP contribution in [0, 0.1) is 11.8 Å². The van der Waals surface area contributed by atoms with Crippen LogP contribution in [-0.4, -0.2) is 36.6 Å². The molecule has 0 aromatic heterocycles. The van der Waals surface area contributed by atoms with Crippen LogP contribution in [0.3, 0.4) is 0 Å². The minimum atomic E-state index is 0.768. The third-order valence-corrected chi connectivity index (χ3v) is 4.34. The van der Waals surface area contributed by atoms with Crippen LogP contribution in [0.4, 0.5) is 0 Å². The van der Waals surface area contributed by atoms with E-state index in [9.17, 15) is 0 Å². The fraction of sp³-hybridized carbons (Fsp3) is 1.00. The van der Waals surface area contributed by atoms with Gasteiger partial charge in [0, 0.05) is 31.7 Å². The summed E-state index contributed by atoms with van der Waals surface area (Å²) in [6.45, 7) is 10.8. The lowest BCUT2D eigenvalue weighted by Crippen LogP contribution is -2.57. The Bertz CT molecular complexity index is 201. The normalized spacial score (nSPS) is 38.8. The van der Waals surface area contributed by atoms with Gasteiger partial charge in [0.1, 0.15) is 0 Å². The molecule has 88 valence electrons. The first-order valence-electron chi connectivity index (χ1n) is 6.66. The second-order valence-corrected chi connectivity index (χ2v) is 5.73. The van der Waals surface area contributed by atoms with E-state index in [4.69, 9.17) is 0 Å². The molecule has 0 aromatic rings. The van der Waals surface area contributed by atoms with E-state index in [1.54, 1.807) is 0 Å². The lowest BCUT2D eigenvalue weighted by Gasteiger charge is -2.43. The number of nitrogens with one attached hydrogen (secondary N) is 1. The Morgan fingerprint density at radius 2 is 2.07 bits per heavy atom. The van der Waals surface area contributed by atoms with E-state index in [1.165, 1.54) is 38.9 Å². The van der Waals surface area contributed by atoms with E-state index in [2.05, 4.69) is 31.0 Å². The molecular weight excluding hydrogens is 184 g/mol. The zero-order chi connectivity index (χ0) is 10.8. The van der Waals surface area contributed by atoms with Crippen molar-refractivity contribution in [3.8, 4) is 0 Å². The van der Waals surface area contributed by atoms with Gasteiger partial charge in [-0.3, -0.25) is 4.90 Å². The number of nitrogens with zero attached hydrogens (tertiary/aromatic N) is 1. The molecule has 1 heterocycles. The molecule has 0 radical (unpaired) electrons. The zero-order valence-electron chi connectivity index (χ0n) is 10.5. The van der Waals surface area contributed by atoms with Gasteiger partial charge in [-0.15, -0.1) is 0 Å². The molecule has 2 rings (SSSR count). The van der Waals surface area contributed by atoms with Gasteiger partial charge >= 0.3 is 0 Å². The van der Waals surface area contributed by atoms with Gasteiger partial charge in [0.05, 0.1) is 0 Å². The van der Waals surface area contributed by atoms with Crippen LogP contribution in [0.1, 0.15) is 40.0 Å². The fourth-order valence-electron chi connectivity index (χ4n) is 3.39. The lowest BCUT2D eigenvalue weighted by atomic mass is 9.95. The highest BCUT2D eigenvalue weighted by Crippen LogP contribution is 2.32. The smallest absolute Gasteiger partial charge is 0.0247 e. The number of hydrogen-bond donors (Lipinski definition) is 1. The van der Waals surface area contributed by atoms with Crippen LogP contribution in [-0.2, 0) is 0 Å². The minimum Gasteiger partial charge on any atom is -0.314 e. The molecule has 3 unspecified atom stereocenters. The van der Waals surface area contributed by atoms with Crippen molar-refractivity contribution in [2.45, 2.75) is 52.1 Å². The highest BCUT2D eigenvalue weighted by atomic mass is 15.2. The summed E-state index contributed by atoms with van der Waals surface area (Å²) in [4.78, 5) is 2.80. The van der Waals surface area contributed by atoms with Crippen LogP contribution in [0.5, 0.6) is 0 Å². The maximum absolute atomic E-state index is 3.54. The molecule has 2 nitrogen and oxygen atoms in total. The molecule has 1 saturated heterocycles. The minimum absolute atomic E-state index is 0.768. The van der Waals surface area contributed by atoms with Crippen molar-refractivity contribution in [2.75, 3.05) is 19.6 Å². The number of hydrogen-bond acceptors (Lipinski definition) is 2. The topological polar surface area (TPSA) is 15.3 Å². The van der Waals surface area contributed by atoms with Gasteiger partial charge in [-0.05, 0) is 24.7 Å². The van der Waals surface area contributed by atoms with Gasteiger partial charge in [-0.1, -0.05) is 27.2 Å². The average Bonchev–Trinajstić information content (AvgIpc) is 2.64. The Hall–Kier alpha value is -0.0800. The molecule has 15 heavy (non-hydrogen) atoms.